The summed E-state index contributed by atoms with van der Waals surface area (Å²) in [5.41, 5.74) is 6.36. The fourth-order valence-electron chi connectivity index (χ4n) is 4.56. The van der Waals surface area contributed by atoms with Crippen molar-refractivity contribution in [2.45, 2.75) is 94.9 Å². The van der Waals surface area contributed by atoms with E-state index in [4.69, 9.17) is 10.5 Å². The van der Waals surface area contributed by atoms with E-state index < -0.39 is 0 Å². The molecule has 0 amide bonds. The number of nitrogens with two attached hydrogens (primary N) is 1. The molecule has 2 aliphatic carbocycles. The van der Waals surface area contributed by atoms with Gasteiger partial charge in [-0.15, -0.1) is 0 Å². The Balaban J connectivity index is 1.63. The molecule has 3 fully saturated rings. The van der Waals surface area contributed by atoms with E-state index >= 15 is 0 Å². The molecule has 3 heteroatoms. The smallest absolute Gasteiger partial charge is 0.0697 e. The Morgan fingerprint density at radius 1 is 1.10 bits per heavy atom. The molecule has 3 nitrogen and oxygen atoms in total. The van der Waals surface area contributed by atoms with Crippen LogP contribution in [0.25, 0.3) is 0 Å². The van der Waals surface area contributed by atoms with Crippen LogP contribution in [0, 0.1) is 0 Å². The summed E-state index contributed by atoms with van der Waals surface area (Å²) >= 11 is 0. The third-order valence-corrected chi connectivity index (χ3v) is 5.89. The molecule has 0 aromatic carbocycles. The lowest BCUT2D eigenvalue weighted by Crippen LogP contribution is -2.55. The Bertz CT molecular complexity index is 308. The summed E-state index contributed by atoms with van der Waals surface area (Å²) in [7, 11) is 0. The minimum atomic E-state index is 0.278. The predicted molar refractivity (Wildman–Crippen MR) is 82.8 cm³/mol. The van der Waals surface area contributed by atoms with Gasteiger partial charge in [0, 0.05) is 24.7 Å². The largest absolute Gasteiger partial charge is 0.375 e. The Morgan fingerprint density at radius 3 is 2.45 bits per heavy atom. The second-order valence-electron chi connectivity index (χ2n) is 7.34. The quantitative estimate of drug-likeness (QED) is 0.860. The molecular formula is C17H32N2O. The fraction of sp³-hybridized carbons (Fsp3) is 1.00. The zero-order valence-corrected chi connectivity index (χ0v) is 13.2. The third kappa shape index (κ3) is 3.05. The van der Waals surface area contributed by atoms with Gasteiger partial charge in [-0.2, -0.15) is 0 Å². The van der Waals surface area contributed by atoms with Crippen LogP contribution in [0.2, 0.25) is 0 Å². The zero-order valence-electron chi connectivity index (χ0n) is 13.2. The molecule has 116 valence electrons. The van der Waals surface area contributed by atoms with Crippen LogP contribution in [0.5, 0.6) is 0 Å². The molecule has 0 aromatic heterocycles. The normalized spacial score (nSPS) is 37.0. The van der Waals surface area contributed by atoms with E-state index in [2.05, 4.69) is 11.8 Å². The standard InChI is InChI=1S/C17H32N2O/c1-2-11-19(15-6-4-14(18)5-7-15)16-8-12-20-17(13-16)9-3-10-17/h14-16H,2-13,18H2,1H3. The summed E-state index contributed by atoms with van der Waals surface area (Å²) in [6.45, 7) is 4.57. The maximum Gasteiger partial charge on any atom is 0.0697 e. The molecule has 1 heterocycles. The maximum atomic E-state index is 6.12. The van der Waals surface area contributed by atoms with E-state index in [-0.39, 0.29) is 5.60 Å². The van der Waals surface area contributed by atoms with Gasteiger partial charge in [0.2, 0.25) is 0 Å². The van der Waals surface area contributed by atoms with Crippen molar-refractivity contribution in [1.29, 1.82) is 0 Å². The van der Waals surface area contributed by atoms with Crippen molar-refractivity contribution >= 4 is 0 Å². The summed E-state index contributed by atoms with van der Waals surface area (Å²) in [5.74, 6) is 0. The van der Waals surface area contributed by atoms with Gasteiger partial charge in [-0.05, 0) is 70.8 Å². The summed E-state index contributed by atoms with van der Waals surface area (Å²) in [5, 5.41) is 0. The Hall–Kier alpha value is -0.120. The molecule has 3 rings (SSSR count). The van der Waals surface area contributed by atoms with Crippen molar-refractivity contribution in [3.63, 3.8) is 0 Å². The first kappa shape index (κ1) is 14.8. The van der Waals surface area contributed by atoms with Gasteiger partial charge in [-0.3, -0.25) is 4.90 Å². The topological polar surface area (TPSA) is 38.5 Å². The van der Waals surface area contributed by atoms with Gasteiger partial charge in [0.15, 0.2) is 0 Å². The first-order valence-corrected chi connectivity index (χ1v) is 8.88. The van der Waals surface area contributed by atoms with E-state index in [0.717, 1.165) is 18.7 Å². The zero-order chi connectivity index (χ0) is 14.0. The number of ether oxygens (including phenoxy) is 1. The van der Waals surface area contributed by atoms with Gasteiger partial charge in [-0.1, -0.05) is 6.92 Å². The molecular weight excluding hydrogens is 248 g/mol. The van der Waals surface area contributed by atoms with Crippen molar-refractivity contribution < 1.29 is 4.74 Å². The molecule has 3 aliphatic rings. The second-order valence-corrected chi connectivity index (χ2v) is 7.34. The summed E-state index contributed by atoms with van der Waals surface area (Å²) in [4.78, 5) is 2.84. The molecule has 20 heavy (non-hydrogen) atoms. The van der Waals surface area contributed by atoms with Crippen LogP contribution in [0.1, 0.15) is 71.1 Å². The highest BCUT2D eigenvalue weighted by atomic mass is 16.5. The predicted octanol–water partition coefficient (Wildman–Crippen LogP) is 3.07. The first-order valence-electron chi connectivity index (χ1n) is 8.88. The van der Waals surface area contributed by atoms with Crippen molar-refractivity contribution in [2.24, 2.45) is 5.73 Å². The molecule has 1 aliphatic heterocycles. The molecule has 2 N–H and O–H groups in total. The number of nitrogens with zero attached hydrogens (tertiary/aromatic N) is 1. The van der Waals surface area contributed by atoms with Gasteiger partial charge < -0.3 is 10.5 Å². The average molecular weight is 280 g/mol. The van der Waals surface area contributed by atoms with Gasteiger partial charge in [-0.25, -0.2) is 0 Å². The molecule has 1 atom stereocenters. The first-order chi connectivity index (χ1) is 9.72. The van der Waals surface area contributed by atoms with Gasteiger partial charge in [0.25, 0.3) is 0 Å². The molecule has 2 saturated carbocycles. The minimum absolute atomic E-state index is 0.278. The number of hydrogen-bond donors (Lipinski definition) is 1. The molecule has 1 spiro atoms. The van der Waals surface area contributed by atoms with E-state index in [9.17, 15) is 0 Å². The summed E-state index contributed by atoms with van der Waals surface area (Å²) in [6.07, 6.45) is 12.8. The second kappa shape index (κ2) is 6.33. The molecule has 1 unspecified atom stereocenters. The van der Waals surface area contributed by atoms with Crippen molar-refractivity contribution in [1.82, 2.24) is 4.90 Å². The fourth-order valence-corrected chi connectivity index (χ4v) is 4.56. The average Bonchev–Trinajstić information content (AvgIpc) is 2.44. The lowest BCUT2D eigenvalue weighted by molar-refractivity contribution is -0.153. The highest BCUT2D eigenvalue weighted by Crippen LogP contribution is 2.44. The Morgan fingerprint density at radius 2 is 1.85 bits per heavy atom. The summed E-state index contributed by atoms with van der Waals surface area (Å²) < 4.78 is 6.12. The van der Waals surface area contributed by atoms with Gasteiger partial charge >= 0.3 is 0 Å². The third-order valence-electron chi connectivity index (χ3n) is 5.89. The Labute approximate surface area is 124 Å². The van der Waals surface area contributed by atoms with Crippen LogP contribution in [0.4, 0.5) is 0 Å². The Kier molecular flexibility index (Phi) is 4.68. The maximum absolute atomic E-state index is 6.12. The number of hydrogen-bond acceptors (Lipinski definition) is 3. The van der Waals surface area contributed by atoms with Crippen LogP contribution in [-0.2, 0) is 4.74 Å². The lowest BCUT2D eigenvalue weighted by atomic mass is 9.73. The van der Waals surface area contributed by atoms with E-state index in [1.165, 1.54) is 70.8 Å². The number of rotatable bonds is 4. The molecule has 0 radical (unpaired) electrons. The van der Waals surface area contributed by atoms with Crippen LogP contribution >= 0.6 is 0 Å². The van der Waals surface area contributed by atoms with Crippen molar-refractivity contribution in [2.75, 3.05) is 13.2 Å². The van der Waals surface area contributed by atoms with E-state index in [1.54, 1.807) is 0 Å². The molecule has 1 saturated heterocycles. The molecule has 0 aromatic rings. The summed E-state index contributed by atoms with van der Waals surface area (Å²) in [6, 6.07) is 2.01. The van der Waals surface area contributed by atoms with Crippen molar-refractivity contribution in [3.8, 4) is 0 Å². The minimum Gasteiger partial charge on any atom is -0.375 e. The monoisotopic (exact) mass is 280 g/mol. The van der Waals surface area contributed by atoms with Crippen LogP contribution in [0.3, 0.4) is 0 Å². The highest BCUT2D eigenvalue weighted by Gasteiger charge is 2.44. The van der Waals surface area contributed by atoms with Gasteiger partial charge in [0.05, 0.1) is 5.60 Å². The SMILES string of the molecule is CCCN(C1CCC(N)CC1)C1CCOC2(CCC2)C1. The van der Waals surface area contributed by atoms with Crippen LogP contribution in [0.15, 0.2) is 0 Å². The highest BCUT2D eigenvalue weighted by molar-refractivity contribution is 4.98. The van der Waals surface area contributed by atoms with Crippen molar-refractivity contribution in [3.05, 3.63) is 0 Å². The van der Waals surface area contributed by atoms with E-state index in [0.29, 0.717) is 6.04 Å². The molecule has 0 bridgehead atoms. The van der Waals surface area contributed by atoms with Crippen LogP contribution < -0.4 is 5.73 Å². The lowest BCUT2D eigenvalue weighted by Gasteiger charge is -2.51. The van der Waals surface area contributed by atoms with Gasteiger partial charge in [0.1, 0.15) is 0 Å². The van der Waals surface area contributed by atoms with E-state index in [1.807, 2.05) is 0 Å². The van der Waals surface area contributed by atoms with Crippen LogP contribution in [-0.4, -0.2) is 41.8 Å².